The number of benzene rings is 2. The third kappa shape index (κ3) is 5.76. The van der Waals surface area contributed by atoms with E-state index in [2.05, 4.69) is 29.6 Å². The van der Waals surface area contributed by atoms with Crippen molar-refractivity contribution in [1.29, 1.82) is 0 Å². The number of carboxylic acids is 1. The predicted molar refractivity (Wildman–Crippen MR) is 131 cm³/mol. The van der Waals surface area contributed by atoms with Gasteiger partial charge < -0.3 is 20.1 Å². The Hall–Kier alpha value is -3.35. The summed E-state index contributed by atoms with van der Waals surface area (Å²) in [4.78, 5) is 38.1. The molecule has 34 heavy (non-hydrogen) atoms. The summed E-state index contributed by atoms with van der Waals surface area (Å²) in [6, 6.07) is 15.0. The van der Waals surface area contributed by atoms with E-state index >= 15 is 0 Å². The van der Waals surface area contributed by atoms with Gasteiger partial charge in [0, 0.05) is 25.4 Å². The number of hydrogen-bond acceptors (Lipinski definition) is 4. The standard InChI is InChI=1S/C27H34N2O5/c1-4-6-11-18(16-25(30)29(3)24(5-2)26(31)32)28-27(33)34-17-23-21-14-9-7-12-19(21)20-13-8-10-15-22(20)23/h7-10,12-15,18,23-24H,4-6,11,16-17H2,1-3H3,(H,28,33)(H,31,32). The lowest BCUT2D eigenvalue weighted by Gasteiger charge is -2.26. The van der Waals surface area contributed by atoms with Gasteiger partial charge in [-0.2, -0.15) is 0 Å². The van der Waals surface area contributed by atoms with Crippen LogP contribution in [0.4, 0.5) is 4.79 Å². The highest BCUT2D eigenvalue weighted by atomic mass is 16.5. The molecule has 2 aromatic carbocycles. The Labute approximate surface area is 201 Å². The SMILES string of the molecule is CCCCC(CC(=O)N(C)C(CC)C(=O)O)NC(=O)OCC1c2ccccc2-c2ccccc21. The van der Waals surface area contributed by atoms with Crippen molar-refractivity contribution in [2.24, 2.45) is 0 Å². The van der Waals surface area contributed by atoms with Crippen molar-refractivity contribution in [3.8, 4) is 11.1 Å². The van der Waals surface area contributed by atoms with Gasteiger partial charge in [0.15, 0.2) is 0 Å². The van der Waals surface area contributed by atoms with Crippen LogP contribution in [0.5, 0.6) is 0 Å². The number of amides is 2. The molecule has 0 aliphatic heterocycles. The number of unbranched alkanes of at least 4 members (excludes halogenated alkanes) is 1. The minimum absolute atomic E-state index is 0.0322. The maximum Gasteiger partial charge on any atom is 0.407 e. The molecule has 0 saturated heterocycles. The highest BCUT2D eigenvalue weighted by molar-refractivity contribution is 5.84. The molecule has 0 saturated carbocycles. The van der Waals surface area contributed by atoms with E-state index in [0.29, 0.717) is 12.8 Å². The van der Waals surface area contributed by atoms with E-state index in [9.17, 15) is 19.5 Å². The Bertz CT molecular complexity index is 976. The second kappa shape index (κ2) is 11.7. The summed E-state index contributed by atoms with van der Waals surface area (Å²) in [5.41, 5.74) is 4.58. The van der Waals surface area contributed by atoms with E-state index in [1.54, 1.807) is 6.92 Å². The second-order valence-corrected chi connectivity index (χ2v) is 8.78. The van der Waals surface area contributed by atoms with E-state index in [0.717, 1.165) is 35.1 Å². The minimum atomic E-state index is -1.03. The average Bonchev–Trinajstić information content (AvgIpc) is 3.15. The van der Waals surface area contributed by atoms with Gasteiger partial charge in [-0.05, 0) is 35.1 Å². The van der Waals surface area contributed by atoms with Gasteiger partial charge in [0.2, 0.25) is 5.91 Å². The lowest BCUT2D eigenvalue weighted by molar-refractivity contribution is -0.149. The first-order chi connectivity index (χ1) is 16.4. The molecule has 2 aromatic rings. The lowest BCUT2D eigenvalue weighted by Crippen LogP contribution is -2.45. The van der Waals surface area contributed by atoms with Crippen LogP contribution in [0.2, 0.25) is 0 Å². The van der Waals surface area contributed by atoms with E-state index in [-0.39, 0.29) is 24.9 Å². The van der Waals surface area contributed by atoms with Crippen molar-refractivity contribution in [2.75, 3.05) is 13.7 Å². The summed E-state index contributed by atoms with van der Waals surface area (Å²) in [6.07, 6.45) is 2.15. The fraction of sp³-hybridized carbons (Fsp3) is 0.444. The van der Waals surface area contributed by atoms with Crippen LogP contribution < -0.4 is 5.32 Å². The molecule has 0 fully saturated rings. The number of rotatable bonds is 11. The van der Waals surface area contributed by atoms with Crippen LogP contribution in [0.15, 0.2) is 48.5 Å². The molecule has 0 aromatic heterocycles. The monoisotopic (exact) mass is 466 g/mol. The van der Waals surface area contributed by atoms with Crippen molar-refractivity contribution < 1.29 is 24.2 Å². The number of hydrogen-bond donors (Lipinski definition) is 2. The normalized spacial score (nSPS) is 14.0. The van der Waals surface area contributed by atoms with Gasteiger partial charge in [-0.1, -0.05) is 75.2 Å². The molecular weight excluding hydrogens is 432 g/mol. The van der Waals surface area contributed by atoms with E-state index in [4.69, 9.17) is 4.74 Å². The summed E-state index contributed by atoms with van der Waals surface area (Å²) >= 11 is 0. The Morgan fingerprint density at radius 3 is 2.15 bits per heavy atom. The number of alkyl carbamates (subject to hydrolysis) is 1. The molecule has 0 spiro atoms. The lowest BCUT2D eigenvalue weighted by atomic mass is 9.98. The van der Waals surface area contributed by atoms with Crippen LogP contribution in [0, 0.1) is 0 Å². The van der Waals surface area contributed by atoms with Gasteiger partial charge in [0.05, 0.1) is 0 Å². The molecule has 1 aliphatic carbocycles. The smallest absolute Gasteiger partial charge is 0.407 e. The molecule has 0 radical (unpaired) electrons. The number of likely N-dealkylation sites (N-methyl/N-ethyl adjacent to an activating group) is 1. The first kappa shape index (κ1) is 25.3. The number of carbonyl (C=O) groups excluding carboxylic acids is 2. The van der Waals surface area contributed by atoms with Gasteiger partial charge in [-0.3, -0.25) is 4.79 Å². The Balaban J connectivity index is 1.63. The third-order valence-electron chi connectivity index (χ3n) is 6.53. The van der Waals surface area contributed by atoms with Gasteiger partial charge in [0.1, 0.15) is 12.6 Å². The van der Waals surface area contributed by atoms with Crippen LogP contribution in [0.3, 0.4) is 0 Å². The zero-order valence-electron chi connectivity index (χ0n) is 20.1. The molecule has 2 unspecified atom stereocenters. The molecule has 0 bridgehead atoms. The number of nitrogens with one attached hydrogen (secondary N) is 1. The first-order valence-electron chi connectivity index (χ1n) is 12.0. The number of nitrogens with zero attached hydrogens (tertiary/aromatic N) is 1. The maximum absolute atomic E-state index is 12.7. The van der Waals surface area contributed by atoms with Crippen LogP contribution in [-0.2, 0) is 14.3 Å². The number of carbonyl (C=O) groups is 3. The number of aliphatic carboxylic acids is 1. The zero-order chi connectivity index (χ0) is 24.7. The first-order valence-corrected chi connectivity index (χ1v) is 12.0. The van der Waals surface area contributed by atoms with E-state index in [1.165, 1.54) is 11.9 Å². The van der Waals surface area contributed by atoms with Crippen LogP contribution in [-0.4, -0.2) is 53.7 Å². The van der Waals surface area contributed by atoms with Crippen molar-refractivity contribution in [1.82, 2.24) is 10.2 Å². The molecule has 2 N–H and O–H groups in total. The van der Waals surface area contributed by atoms with Crippen LogP contribution in [0.25, 0.3) is 11.1 Å². The third-order valence-corrected chi connectivity index (χ3v) is 6.53. The van der Waals surface area contributed by atoms with Gasteiger partial charge >= 0.3 is 12.1 Å². The highest BCUT2D eigenvalue weighted by Crippen LogP contribution is 2.44. The summed E-state index contributed by atoms with van der Waals surface area (Å²) in [5.74, 6) is -1.39. The molecule has 1 aliphatic rings. The van der Waals surface area contributed by atoms with E-state index in [1.807, 2.05) is 31.2 Å². The largest absolute Gasteiger partial charge is 0.480 e. The summed E-state index contributed by atoms with van der Waals surface area (Å²) in [7, 11) is 1.49. The average molecular weight is 467 g/mol. The van der Waals surface area contributed by atoms with Gasteiger partial charge in [-0.25, -0.2) is 9.59 Å². The van der Waals surface area contributed by atoms with Gasteiger partial charge in [0.25, 0.3) is 0 Å². The fourth-order valence-corrected chi connectivity index (χ4v) is 4.63. The van der Waals surface area contributed by atoms with Crippen molar-refractivity contribution in [2.45, 2.75) is 64.0 Å². The fourth-order valence-electron chi connectivity index (χ4n) is 4.63. The molecule has 7 nitrogen and oxygen atoms in total. The van der Waals surface area contributed by atoms with Crippen LogP contribution in [0.1, 0.15) is 63.0 Å². The van der Waals surface area contributed by atoms with Gasteiger partial charge in [-0.15, -0.1) is 0 Å². The van der Waals surface area contributed by atoms with Crippen molar-refractivity contribution in [3.63, 3.8) is 0 Å². The maximum atomic E-state index is 12.7. The molecule has 2 atom stereocenters. The summed E-state index contributed by atoms with van der Waals surface area (Å²) < 4.78 is 5.63. The van der Waals surface area contributed by atoms with E-state index < -0.39 is 24.1 Å². The zero-order valence-corrected chi connectivity index (χ0v) is 20.1. The molecule has 2 amide bonds. The molecule has 182 valence electrons. The predicted octanol–water partition coefficient (Wildman–Crippen LogP) is 4.80. The Kier molecular flexibility index (Phi) is 8.68. The highest BCUT2D eigenvalue weighted by Gasteiger charge is 2.30. The Morgan fingerprint density at radius 2 is 1.62 bits per heavy atom. The quantitative estimate of drug-likeness (QED) is 0.496. The summed E-state index contributed by atoms with van der Waals surface area (Å²) in [6.45, 7) is 3.97. The summed E-state index contributed by atoms with van der Waals surface area (Å²) in [5, 5.41) is 12.2. The van der Waals surface area contributed by atoms with Crippen molar-refractivity contribution >= 4 is 18.0 Å². The minimum Gasteiger partial charge on any atom is -0.480 e. The molecule has 7 heteroatoms. The Morgan fingerprint density at radius 1 is 1.03 bits per heavy atom. The number of ether oxygens (including phenoxy) is 1. The topological polar surface area (TPSA) is 95.9 Å². The molecule has 0 heterocycles. The second-order valence-electron chi connectivity index (χ2n) is 8.78. The molecular formula is C27H34N2O5. The molecule has 3 rings (SSSR count). The van der Waals surface area contributed by atoms with Crippen molar-refractivity contribution in [3.05, 3.63) is 59.7 Å². The van der Waals surface area contributed by atoms with Crippen LogP contribution >= 0.6 is 0 Å². The number of fused-ring (bicyclic) bond motifs is 3. The number of carboxylic acid groups (broad SMARTS) is 1.